The summed E-state index contributed by atoms with van der Waals surface area (Å²) in [4.78, 5) is 21.3. The van der Waals surface area contributed by atoms with Gasteiger partial charge >= 0.3 is 5.97 Å². The molecule has 2 aromatic rings. The molecule has 0 unspecified atom stereocenters. The zero-order valence-corrected chi connectivity index (χ0v) is 18.1. The van der Waals surface area contributed by atoms with E-state index in [2.05, 4.69) is 4.90 Å². The van der Waals surface area contributed by atoms with E-state index in [0.29, 0.717) is 25.7 Å². The Hall–Kier alpha value is -3.00. The van der Waals surface area contributed by atoms with E-state index in [4.69, 9.17) is 23.9 Å². The Bertz CT molecular complexity index is 883. The van der Waals surface area contributed by atoms with Gasteiger partial charge in [0, 0.05) is 37.5 Å². The third-order valence-corrected chi connectivity index (χ3v) is 5.72. The molecule has 3 heterocycles. The molecule has 0 spiro atoms. The molecule has 0 aliphatic carbocycles. The maximum absolute atomic E-state index is 12.3. The molecule has 2 aliphatic heterocycles. The van der Waals surface area contributed by atoms with Gasteiger partial charge in [-0.25, -0.2) is 4.79 Å². The zero-order valence-electron chi connectivity index (χ0n) is 18.1. The molecule has 0 radical (unpaired) electrons. The molecule has 0 bridgehead atoms. The number of esters is 1. The maximum atomic E-state index is 12.3. The summed E-state index contributed by atoms with van der Waals surface area (Å²) in [7, 11) is 3.08. The van der Waals surface area contributed by atoms with Gasteiger partial charge in [0.2, 0.25) is 5.88 Å². The number of nitrogens with zero attached hydrogens (tertiary/aromatic N) is 3. The minimum Gasteiger partial charge on any atom is -0.497 e. The van der Waals surface area contributed by atoms with Gasteiger partial charge in [-0.15, -0.1) is 0 Å². The van der Waals surface area contributed by atoms with Crippen LogP contribution in [0.15, 0.2) is 36.4 Å². The van der Waals surface area contributed by atoms with E-state index in [1.165, 1.54) is 7.11 Å². The molecule has 1 aromatic carbocycles. The maximum Gasteiger partial charge on any atom is 0.328 e. The minimum atomic E-state index is -0.313. The van der Waals surface area contributed by atoms with Crippen LogP contribution >= 0.6 is 0 Å². The zero-order chi connectivity index (χ0) is 21.6. The quantitative estimate of drug-likeness (QED) is 0.625. The molecule has 8 nitrogen and oxygen atoms in total. The molecule has 2 aliphatic rings. The van der Waals surface area contributed by atoms with Crippen molar-refractivity contribution in [3.8, 4) is 11.6 Å². The van der Waals surface area contributed by atoms with Gasteiger partial charge in [-0.1, -0.05) is 12.1 Å². The van der Waals surface area contributed by atoms with Gasteiger partial charge in [0.25, 0.3) is 0 Å². The topological polar surface area (TPSA) is 73.4 Å². The lowest BCUT2D eigenvalue weighted by atomic mass is 10.2. The van der Waals surface area contributed by atoms with Crippen LogP contribution in [0.3, 0.4) is 0 Å². The highest BCUT2D eigenvalue weighted by Crippen LogP contribution is 2.31. The number of hydrogen-bond acceptors (Lipinski definition) is 8. The van der Waals surface area contributed by atoms with Crippen molar-refractivity contribution in [3.63, 3.8) is 0 Å². The van der Waals surface area contributed by atoms with E-state index in [1.807, 2.05) is 41.3 Å². The summed E-state index contributed by atoms with van der Waals surface area (Å²) in [6.45, 7) is 4.15. The van der Waals surface area contributed by atoms with Crippen molar-refractivity contribution >= 4 is 17.5 Å². The summed E-state index contributed by atoms with van der Waals surface area (Å²) in [5.41, 5.74) is 2.04. The Labute approximate surface area is 182 Å². The number of carbonyl (C=O) groups excluding carboxylic acids is 1. The molecule has 1 aromatic heterocycles. The van der Waals surface area contributed by atoms with Crippen molar-refractivity contribution in [2.45, 2.75) is 25.5 Å². The van der Waals surface area contributed by atoms with Crippen LogP contribution in [0, 0.1) is 0 Å². The number of benzene rings is 1. The lowest BCUT2D eigenvalue weighted by Gasteiger charge is -2.31. The second-order valence-corrected chi connectivity index (χ2v) is 7.63. The second-order valence-electron chi connectivity index (χ2n) is 7.63. The van der Waals surface area contributed by atoms with Gasteiger partial charge in [-0.05, 0) is 30.5 Å². The van der Waals surface area contributed by atoms with E-state index < -0.39 is 0 Å². The number of carbonyl (C=O) groups is 1. The van der Waals surface area contributed by atoms with Gasteiger partial charge in [-0.3, -0.25) is 0 Å². The average Bonchev–Trinajstić information content (AvgIpc) is 3.33. The van der Waals surface area contributed by atoms with Gasteiger partial charge in [0.15, 0.2) is 0 Å². The van der Waals surface area contributed by atoms with Crippen molar-refractivity contribution < 1.29 is 23.7 Å². The fourth-order valence-electron chi connectivity index (χ4n) is 4.00. The summed E-state index contributed by atoms with van der Waals surface area (Å²) in [5.74, 6) is 1.85. The molecule has 1 atom stereocenters. The Kier molecular flexibility index (Phi) is 6.76. The Balaban J connectivity index is 1.58. The van der Waals surface area contributed by atoms with Crippen molar-refractivity contribution in [2.75, 3.05) is 56.9 Å². The van der Waals surface area contributed by atoms with E-state index >= 15 is 0 Å². The monoisotopic (exact) mass is 427 g/mol. The number of hydrogen-bond donors (Lipinski definition) is 0. The van der Waals surface area contributed by atoms with Crippen molar-refractivity contribution in [3.05, 3.63) is 42.0 Å². The SMILES string of the molecule is COC(=O)[C@@H]1CCCN1c1cc(N2CCOCC2)cc(OCc2ccc(OC)cc2)n1. The van der Waals surface area contributed by atoms with Crippen molar-refractivity contribution in [2.24, 2.45) is 0 Å². The average molecular weight is 428 g/mol. The second kappa shape index (κ2) is 9.87. The largest absolute Gasteiger partial charge is 0.497 e. The number of aromatic nitrogens is 1. The van der Waals surface area contributed by atoms with Crippen LogP contribution in [0.5, 0.6) is 11.6 Å². The summed E-state index contributed by atoms with van der Waals surface area (Å²) in [6.07, 6.45) is 1.68. The van der Waals surface area contributed by atoms with Gasteiger partial charge < -0.3 is 28.7 Å². The third-order valence-electron chi connectivity index (χ3n) is 5.72. The van der Waals surface area contributed by atoms with Crippen LogP contribution in [-0.4, -0.2) is 64.1 Å². The molecule has 31 heavy (non-hydrogen) atoms. The van der Waals surface area contributed by atoms with Gasteiger partial charge in [-0.2, -0.15) is 4.98 Å². The molecule has 4 rings (SSSR count). The van der Waals surface area contributed by atoms with Gasteiger partial charge in [0.05, 0.1) is 27.4 Å². The Morgan fingerprint density at radius 3 is 2.61 bits per heavy atom. The molecule has 0 amide bonds. The Morgan fingerprint density at radius 1 is 1.13 bits per heavy atom. The van der Waals surface area contributed by atoms with Crippen LogP contribution in [0.1, 0.15) is 18.4 Å². The first-order valence-electron chi connectivity index (χ1n) is 10.6. The van der Waals surface area contributed by atoms with Crippen LogP contribution in [0.2, 0.25) is 0 Å². The first-order valence-corrected chi connectivity index (χ1v) is 10.6. The molecule has 2 saturated heterocycles. The highest BCUT2D eigenvalue weighted by Gasteiger charge is 2.33. The third kappa shape index (κ3) is 5.02. The standard InChI is InChI=1S/C23H29N3O5/c1-28-19-7-5-17(6-8-19)16-31-22-15-18(25-10-12-30-13-11-25)14-21(24-22)26-9-3-4-20(26)23(27)29-2/h5-8,14-15,20H,3-4,9-13,16H2,1-2H3/t20-/m0/s1. The van der Waals surface area contributed by atoms with E-state index in [9.17, 15) is 4.79 Å². The van der Waals surface area contributed by atoms with Crippen LogP contribution in [0.4, 0.5) is 11.5 Å². The summed E-state index contributed by atoms with van der Waals surface area (Å²) >= 11 is 0. The normalized spacial score (nSPS) is 18.7. The molecule has 0 N–H and O–H groups in total. The molecule has 8 heteroatoms. The number of morpholine rings is 1. The molecular formula is C23H29N3O5. The predicted molar refractivity (Wildman–Crippen MR) is 117 cm³/mol. The highest BCUT2D eigenvalue weighted by atomic mass is 16.5. The smallest absolute Gasteiger partial charge is 0.328 e. The predicted octanol–water partition coefficient (Wildman–Crippen LogP) is 2.65. The van der Waals surface area contributed by atoms with E-state index in [-0.39, 0.29) is 12.0 Å². The van der Waals surface area contributed by atoms with Crippen LogP contribution in [-0.2, 0) is 20.9 Å². The number of anilines is 2. The summed E-state index contributed by atoms with van der Waals surface area (Å²) < 4.78 is 21.8. The number of methoxy groups -OCH3 is 2. The molecule has 166 valence electrons. The molecule has 2 fully saturated rings. The Morgan fingerprint density at radius 2 is 1.90 bits per heavy atom. The van der Waals surface area contributed by atoms with Crippen molar-refractivity contribution in [1.29, 1.82) is 0 Å². The van der Waals surface area contributed by atoms with Gasteiger partial charge in [0.1, 0.15) is 24.2 Å². The fourth-order valence-corrected chi connectivity index (χ4v) is 4.00. The lowest BCUT2D eigenvalue weighted by molar-refractivity contribution is -0.141. The van der Waals surface area contributed by atoms with Crippen LogP contribution < -0.4 is 19.3 Å². The van der Waals surface area contributed by atoms with Crippen molar-refractivity contribution in [1.82, 2.24) is 4.98 Å². The van der Waals surface area contributed by atoms with Crippen LogP contribution in [0.25, 0.3) is 0 Å². The number of ether oxygens (including phenoxy) is 4. The number of pyridine rings is 1. The first-order chi connectivity index (χ1) is 15.2. The van der Waals surface area contributed by atoms with E-state index in [1.54, 1.807) is 7.11 Å². The molecular weight excluding hydrogens is 398 g/mol. The summed E-state index contributed by atoms with van der Waals surface area (Å²) in [5, 5.41) is 0. The fraction of sp³-hybridized carbons (Fsp3) is 0.478. The van der Waals surface area contributed by atoms with E-state index in [0.717, 1.165) is 55.3 Å². The minimum absolute atomic E-state index is 0.225. The summed E-state index contributed by atoms with van der Waals surface area (Å²) in [6, 6.07) is 11.4. The molecule has 0 saturated carbocycles. The first kappa shape index (κ1) is 21.2. The highest BCUT2D eigenvalue weighted by molar-refractivity contribution is 5.80. The lowest BCUT2D eigenvalue weighted by Crippen LogP contribution is -2.38. The number of rotatable bonds is 7.